The van der Waals surface area contributed by atoms with E-state index in [1.54, 1.807) is 4.90 Å². The second kappa shape index (κ2) is 8.91. The van der Waals surface area contributed by atoms with Crippen LogP contribution in [-0.4, -0.2) is 46.7 Å². The summed E-state index contributed by atoms with van der Waals surface area (Å²) in [6.07, 6.45) is 1.23. The fraction of sp³-hybridized carbons (Fsp3) is 0.429. The molecule has 2 aromatic heterocycles. The van der Waals surface area contributed by atoms with Gasteiger partial charge in [-0.1, -0.05) is 41.7 Å². The Balaban J connectivity index is 1.69. The van der Waals surface area contributed by atoms with Gasteiger partial charge in [0.15, 0.2) is 21.3 Å². The zero-order chi connectivity index (χ0) is 25.4. The van der Waals surface area contributed by atoms with Crippen molar-refractivity contribution in [1.29, 1.82) is 0 Å². The van der Waals surface area contributed by atoms with Gasteiger partial charge in [-0.2, -0.15) is 8.78 Å². The number of halogens is 2. The van der Waals surface area contributed by atoms with Crippen molar-refractivity contribution in [3.8, 4) is 0 Å². The molecule has 1 aromatic carbocycles. The van der Waals surface area contributed by atoms with Crippen molar-refractivity contribution in [2.24, 2.45) is 6.98 Å². The SMILES string of the molecule is [2H]C([2H])([2H])n1c(C(F)(F)COC)nc2sc(N3CCCC3C(=O)NCc3ccccc3)nc2c1=O. The molecule has 1 fully saturated rings. The van der Waals surface area contributed by atoms with Gasteiger partial charge in [0.2, 0.25) is 5.91 Å². The van der Waals surface area contributed by atoms with E-state index in [0.717, 1.165) is 24.0 Å². The van der Waals surface area contributed by atoms with Crippen LogP contribution in [0.25, 0.3) is 10.3 Å². The third kappa shape index (κ3) is 4.22. The largest absolute Gasteiger partial charge is 0.378 e. The van der Waals surface area contributed by atoms with Gasteiger partial charge in [0, 0.05) is 31.3 Å². The molecule has 1 N–H and O–H groups in total. The zero-order valence-electron chi connectivity index (χ0n) is 20.2. The Morgan fingerprint density at radius 1 is 1.38 bits per heavy atom. The number of rotatable bonds is 7. The Labute approximate surface area is 191 Å². The summed E-state index contributed by atoms with van der Waals surface area (Å²) in [4.78, 5) is 35.5. The summed E-state index contributed by atoms with van der Waals surface area (Å²) in [7, 11) is 1.03. The molecule has 1 atom stereocenters. The van der Waals surface area contributed by atoms with Crippen LogP contribution in [0.1, 0.15) is 28.3 Å². The van der Waals surface area contributed by atoms with Crippen LogP contribution in [0.2, 0.25) is 0 Å². The van der Waals surface area contributed by atoms with Crippen molar-refractivity contribution in [3.05, 3.63) is 52.1 Å². The number of nitrogens with zero attached hydrogens (tertiary/aromatic N) is 4. The van der Waals surface area contributed by atoms with Gasteiger partial charge in [0.25, 0.3) is 5.56 Å². The minimum atomic E-state index is -3.83. The third-order valence-corrected chi connectivity index (χ3v) is 6.17. The molecule has 0 aliphatic carbocycles. The molecule has 8 nitrogen and oxygen atoms in total. The highest BCUT2D eigenvalue weighted by atomic mass is 32.1. The van der Waals surface area contributed by atoms with Crippen molar-refractivity contribution < 1.29 is 22.4 Å². The van der Waals surface area contributed by atoms with E-state index in [1.807, 2.05) is 30.3 Å². The first-order valence-corrected chi connectivity index (χ1v) is 10.7. The number of aromatic nitrogens is 3. The Morgan fingerprint density at radius 2 is 2.16 bits per heavy atom. The highest BCUT2D eigenvalue weighted by Gasteiger charge is 2.38. The van der Waals surface area contributed by atoms with E-state index in [1.165, 1.54) is 0 Å². The highest BCUT2D eigenvalue weighted by Crippen LogP contribution is 2.33. The number of carbonyl (C=O) groups excluding carboxylic acids is 1. The monoisotopic (exact) mass is 466 g/mol. The number of benzene rings is 1. The molecular weight excluding hydrogens is 440 g/mol. The number of hydrogen-bond donors (Lipinski definition) is 1. The lowest BCUT2D eigenvalue weighted by Crippen LogP contribution is -2.43. The van der Waals surface area contributed by atoms with Crippen LogP contribution in [0.5, 0.6) is 0 Å². The molecule has 3 heterocycles. The highest BCUT2D eigenvalue weighted by molar-refractivity contribution is 7.21. The maximum absolute atomic E-state index is 14.7. The molecule has 11 heteroatoms. The molecule has 3 aromatic rings. The van der Waals surface area contributed by atoms with Gasteiger partial charge in [-0.15, -0.1) is 0 Å². The smallest absolute Gasteiger partial charge is 0.327 e. The number of ether oxygens (including phenoxy) is 1. The molecule has 170 valence electrons. The molecule has 0 radical (unpaired) electrons. The van der Waals surface area contributed by atoms with Crippen molar-refractivity contribution in [2.75, 3.05) is 25.2 Å². The molecule has 1 aliphatic rings. The lowest BCUT2D eigenvalue weighted by atomic mass is 10.2. The van der Waals surface area contributed by atoms with E-state index in [-0.39, 0.29) is 26.0 Å². The van der Waals surface area contributed by atoms with Crippen molar-refractivity contribution in [2.45, 2.75) is 31.4 Å². The minimum Gasteiger partial charge on any atom is -0.378 e. The first-order chi connectivity index (χ1) is 16.5. The topological polar surface area (TPSA) is 89.3 Å². The number of amides is 1. The fourth-order valence-corrected chi connectivity index (χ4v) is 4.66. The number of thiazole rings is 1. The predicted molar refractivity (Wildman–Crippen MR) is 117 cm³/mol. The Hall–Kier alpha value is -2.92. The van der Waals surface area contributed by atoms with Gasteiger partial charge in [-0.3, -0.25) is 14.2 Å². The number of hydrogen-bond acceptors (Lipinski definition) is 7. The Bertz CT molecular complexity index is 1280. The zero-order valence-corrected chi connectivity index (χ0v) is 18.0. The number of anilines is 1. The fourth-order valence-electron chi connectivity index (χ4n) is 3.65. The van der Waals surface area contributed by atoms with Crippen LogP contribution >= 0.6 is 11.3 Å². The second-order valence-electron chi connectivity index (χ2n) is 7.42. The van der Waals surface area contributed by atoms with Gasteiger partial charge >= 0.3 is 5.92 Å². The molecule has 32 heavy (non-hydrogen) atoms. The normalized spacial score (nSPS) is 18.4. The minimum absolute atomic E-state index is 0.00805. The molecule has 1 unspecified atom stereocenters. The van der Waals surface area contributed by atoms with E-state index in [9.17, 15) is 18.4 Å². The van der Waals surface area contributed by atoms with Crippen LogP contribution in [0.3, 0.4) is 0 Å². The van der Waals surface area contributed by atoms with E-state index >= 15 is 0 Å². The van der Waals surface area contributed by atoms with Gasteiger partial charge in [-0.25, -0.2) is 9.97 Å². The molecule has 1 saturated heterocycles. The summed E-state index contributed by atoms with van der Waals surface area (Å²) in [6, 6.07) is 8.82. The summed E-state index contributed by atoms with van der Waals surface area (Å²) >= 11 is 0.865. The van der Waals surface area contributed by atoms with Crippen molar-refractivity contribution >= 4 is 32.7 Å². The Kier molecular flexibility index (Phi) is 5.19. The lowest BCUT2D eigenvalue weighted by Gasteiger charge is -2.23. The van der Waals surface area contributed by atoms with Crippen LogP contribution in [-0.2, 0) is 29.0 Å². The number of alkyl halides is 2. The number of nitrogens with one attached hydrogen (secondary N) is 1. The third-order valence-electron chi connectivity index (χ3n) is 5.19. The number of carbonyl (C=O) groups is 1. The first kappa shape index (κ1) is 18.6. The molecule has 4 rings (SSSR count). The summed E-state index contributed by atoms with van der Waals surface area (Å²) in [5.74, 6) is -5.27. The van der Waals surface area contributed by atoms with Crippen LogP contribution in [0.15, 0.2) is 35.1 Å². The summed E-state index contributed by atoms with van der Waals surface area (Å²) in [5.41, 5.74) is -0.606. The summed E-state index contributed by atoms with van der Waals surface area (Å²) in [6.45, 7) is -3.55. The molecule has 0 spiro atoms. The molecule has 1 amide bonds. The average Bonchev–Trinajstić information content (AvgIpc) is 3.44. The van der Waals surface area contributed by atoms with E-state index in [4.69, 9.17) is 4.11 Å². The first-order valence-electron chi connectivity index (χ1n) is 11.4. The van der Waals surface area contributed by atoms with Crippen LogP contribution < -0.4 is 15.8 Å². The standard InChI is InChI=1S/C21H23F2N5O3S/c1-27-18(30)15-17(26-19(27)21(22,23)12-31-2)32-20(25-15)28-10-6-9-14(28)16(29)24-11-13-7-4-3-5-8-13/h3-5,7-8,14H,6,9-12H2,1-2H3,(H,24,29)/i1D3. The predicted octanol–water partition coefficient (Wildman–Crippen LogP) is 2.41. The van der Waals surface area contributed by atoms with Crippen molar-refractivity contribution in [1.82, 2.24) is 19.9 Å². The van der Waals surface area contributed by atoms with Gasteiger partial charge in [-0.05, 0) is 18.4 Å². The van der Waals surface area contributed by atoms with E-state index in [2.05, 4.69) is 20.0 Å². The quantitative estimate of drug-likeness (QED) is 0.575. The second-order valence-corrected chi connectivity index (χ2v) is 8.37. The maximum Gasteiger partial charge on any atom is 0.327 e. The van der Waals surface area contributed by atoms with Gasteiger partial charge < -0.3 is 15.0 Å². The summed E-state index contributed by atoms with van der Waals surface area (Å²) in [5, 5.41) is 3.13. The molecular formula is C21H23F2N5O3S. The van der Waals surface area contributed by atoms with Gasteiger partial charge in [0.1, 0.15) is 12.6 Å². The Morgan fingerprint density at radius 3 is 2.88 bits per heavy atom. The molecule has 0 saturated carbocycles. The number of fused-ring (bicyclic) bond motifs is 1. The lowest BCUT2D eigenvalue weighted by molar-refractivity contribution is -0.122. The molecule has 1 aliphatic heterocycles. The van der Waals surface area contributed by atoms with E-state index in [0.29, 0.717) is 25.9 Å². The maximum atomic E-state index is 14.7. The van der Waals surface area contributed by atoms with Crippen LogP contribution in [0, 0.1) is 0 Å². The van der Waals surface area contributed by atoms with E-state index < -0.39 is 36.9 Å². The van der Waals surface area contributed by atoms with Crippen LogP contribution in [0.4, 0.5) is 13.9 Å². The number of methoxy groups -OCH3 is 1. The van der Waals surface area contributed by atoms with Gasteiger partial charge in [0.05, 0.1) is 0 Å². The summed E-state index contributed by atoms with van der Waals surface area (Å²) < 4.78 is 56.7. The van der Waals surface area contributed by atoms with Crippen molar-refractivity contribution in [3.63, 3.8) is 0 Å². The molecule has 0 bridgehead atoms. The average molecular weight is 467 g/mol.